The van der Waals surface area contributed by atoms with Gasteiger partial charge in [0.2, 0.25) is 11.7 Å². The Morgan fingerprint density at radius 2 is 1.79 bits per heavy atom. The molecule has 34 heavy (non-hydrogen) atoms. The van der Waals surface area contributed by atoms with E-state index in [-0.39, 0.29) is 24.0 Å². The Balaban J connectivity index is 1.31. The van der Waals surface area contributed by atoms with Crippen molar-refractivity contribution in [3.05, 3.63) is 71.4 Å². The molecule has 9 heteroatoms. The van der Waals surface area contributed by atoms with Gasteiger partial charge in [0.1, 0.15) is 11.3 Å². The van der Waals surface area contributed by atoms with Gasteiger partial charge in [-0.1, -0.05) is 35.9 Å². The van der Waals surface area contributed by atoms with Crippen LogP contribution in [0.15, 0.2) is 63.6 Å². The van der Waals surface area contributed by atoms with Crippen molar-refractivity contribution in [2.24, 2.45) is 0 Å². The van der Waals surface area contributed by atoms with Crippen LogP contribution < -0.4 is 5.32 Å². The van der Waals surface area contributed by atoms with Crippen LogP contribution in [0.25, 0.3) is 22.3 Å². The number of aryl methyl sites for hydroxylation is 1. The van der Waals surface area contributed by atoms with E-state index in [4.69, 9.17) is 25.2 Å². The standard InChI is InChI=1S/C25H22ClN3O5/c26-18-7-3-1-5-16(18)20-15-27-22(33-20)10-9-21(30)28-23-17-6-2-4-8-19(17)34-24(23)25(31)29-11-13-32-14-12-29/h1-8,15H,9-14H2,(H,28,30). The van der Waals surface area contributed by atoms with Crippen LogP contribution in [-0.2, 0) is 16.0 Å². The van der Waals surface area contributed by atoms with Crippen LogP contribution in [0.1, 0.15) is 22.9 Å². The molecular formula is C25H22ClN3O5. The Bertz CT molecular complexity index is 1340. The maximum Gasteiger partial charge on any atom is 0.291 e. The minimum atomic E-state index is -0.278. The topological polar surface area (TPSA) is 97.8 Å². The summed E-state index contributed by atoms with van der Waals surface area (Å²) >= 11 is 6.22. The number of halogens is 1. The Kier molecular flexibility index (Phi) is 6.33. The van der Waals surface area contributed by atoms with E-state index in [1.54, 1.807) is 23.2 Å². The molecule has 2 aromatic heterocycles. The fourth-order valence-corrected chi connectivity index (χ4v) is 4.09. The maximum absolute atomic E-state index is 13.1. The zero-order chi connectivity index (χ0) is 23.5. The van der Waals surface area contributed by atoms with Crippen LogP contribution in [0, 0.1) is 0 Å². The number of aromatic nitrogens is 1. The number of benzene rings is 2. The number of para-hydroxylation sites is 1. The predicted octanol–water partition coefficient (Wildman–Crippen LogP) is 4.78. The van der Waals surface area contributed by atoms with E-state index in [1.807, 2.05) is 36.4 Å². The SMILES string of the molecule is O=C(CCc1ncc(-c2ccccc2Cl)o1)Nc1c(C(=O)N2CCOCC2)oc2ccccc12. The molecule has 0 radical (unpaired) electrons. The molecule has 1 aliphatic rings. The minimum absolute atomic E-state index is 0.118. The van der Waals surface area contributed by atoms with Gasteiger partial charge < -0.3 is 23.8 Å². The molecule has 2 amide bonds. The molecule has 174 valence electrons. The number of fused-ring (bicyclic) bond motifs is 1. The van der Waals surface area contributed by atoms with E-state index in [0.717, 1.165) is 5.56 Å². The number of morpholine rings is 1. The first-order valence-electron chi connectivity index (χ1n) is 11.0. The first-order chi connectivity index (χ1) is 16.6. The molecule has 0 saturated carbocycles. The van der Waals surface area contributed by atoms with E-state index in [0.29, 0.717) is 66.1 Å². The summed E-state index contributed by atoms with van der Waals surface area (Å²) in [6, 6.07) is 14.6. The van der Waals surface area contributed by atoms with Crippen LogP contribution >= 0.6 is 11.6 Å². The number of oxazole rings is 1. The normalized spacial score (nSPS) is 13.9. The van der Waals surface area contributed by atoms with Gasteiger partial charge in [-0.3, -0.25) is 9.59 Å². The zero-order valence-corrected chi connectivity index (χ0v) is 19.0. The molecule has 1 aliphatic heterocycles. The van der Waals surface area contributed by atoms with Crippen LogP contribution in [0.5, 0.6) is 0 Å². The summed E-state index contributed by atoms with van der Waals surface area (Å²) in [4.78, 5) is 31.9. The molecule has 2 aromatic carbocycles. The summed E-state index contributed by atoms with van der Waals surface area (Å²) in [5.41, 5.74) is 1.65. The first-order valence-corrected chi connectivity index (χ1v) is 11.4. The molecule has 0 atom stereocenters. The molecule has 4 aromatic rings. The van der Waals surface area contributed by atoms with E-state index in [1.165, 1.54) is 0 Å². The average Bonchev–Trinajstić information content (AvgIpc) is 3.48. The molecule has 5 rings (SSSR count). The molecule has 3 heterocycles. The Morgan fingerprint density at radius 3 is 2.62 bits per heavy atom. The van der Waals surface area contributed by atoms with Gasteiger partial charge in [0.05, 0.1) is 24.4 Å². The Morgan fingerprint density at radius 1 is 1.03 bits per heavy atom. The summed E-state index contributed by atoms with van der Waals surface area (Å²) in [6.45, 7) is 1.89. The number of amides is 2. The smallest absolute Gasteiger partial charge is 0.291 e. The highest BCUT2D eigenvalue weighted by atomic mass is 35.5. The molecule has 0 aliphatic carbocycles. The van der Waals surface area contributed by atoms with Gasteiger partial charge >= 0.3 is 0 Å². The lowest BCUT2D eigenvalue weighted by Gasteiger charge is -2.26. The van der Waals surface area contributed by atoms with Gasteiger partial charge in [-0.05, 0) is 24.3 Å². The van der Waals surface area contributed by atoms with Crippen molar-refractivity contribution in [2.75, 3.05) is 31.6 Å². The fourth-order valence-electron chi connectivity index (χ4n) is 3.86. The van der Waals surface area contributed by atoms with E-state index in [2.05, 4.69) is 10.3 Å². The second-order valence-corrected chi connectivity index (χ2v) is 8.26. The van der Waals surface area contributed by atoms with Crippen LogP contribution in [0.3, 0.4) is 0 Å². The van der Waals surface area contributed by atoms with Gasteiger partial charge in [0.25, 0.3) is 5.91 Å². The highest BCUT2D eigenvalue weighted by Gasteiger charge is 2.27. The molecule has 0 bridgehead atoms. The van der Waals surface area contributed by atoms with Crippen LogP contribution in [0.2, 0.25) is 5.02 Å². The summed E-state index contributed by atoms with van der Waals surface area (Å²) in [5.74, 6) is 0.535. The number of furan rings is 1. The van der Waals surface area contributed by atoms with Crippen molar-refractivity contribution >= 4 is 40.1 Å². The molecule has 0 unspecified atom stereocenters. The summed E-state index contributed by atoms with van der Waals surface area (Å²) in [5, 5.41) is 4.10. The van der Waals surface area contributed by atoms with E-state index in [9.17, 15) is 9.59 Å². The number of hydrogen-bond donors (Lipinski definition) is 1. The number of carbonyl (C=O) groups excluding carboxylic acids is 2. The van der Waals surface area contributed by atoms with Crippen LogP contribution in [-0.4, -0.2) is 48.0 Å². The Labute approximate surface area is 200 Å². The lowest BCUT2D eigenvalue weighted by molar-refractivity contribution is -0.116. The first kappa shape index (κ1) is 22.2. The van der Waals surface area contributed by atoms with Gasteiger partial charge in [-0.2, -0.15) is 0 Å². The summed E-state index contributed by atoms with van der Waals surface area (Å²) < 4.78 is 17.0. The fraction of sp³-hybridized carbons (Fsp3) is 0.240. The van der Waals surface area contributed by atoms with Gasteiger partial charge in [-0.25, -0.2) is 4.98 Å². The van der Waals surface area contributed by atoms with Crippen molar-refractivity contribution in [3.8, 4) is 11.3 Å². The monoisotopic (exact) mass is 479 g/mol. The maximum atomic E-state index is 13.1. The highest BCUT2D eigenvalue weighted by molar-refractivity contribution is 6.33. The summed E-state index contributed by atoms with van der Waals surface area (Å²) in [6.07, 6.45) is 2.00. The van der Waals surface area contributed by atoms with E-state index >= 15 is 0 Å². The van der Waals surface area contributed by atoms with Gasteiger partial charge in [0, 0.05) is 36.9 Å². The number of nitrogens with one attached hydrogen (secondary N) is 1. The predicted molar refractivity (Wildman–Crippen MR) is 127 cm³/mol. The average molecular weight is 480 g/mol. The molecule has 1 N–H and O–H groups in total. The number of hydrogen-bond acceptors (Lipinski definition) is 6. The molecule has 1 saturated heterocycles. The summed E-state index contributed by atoms with van der Waals surface area (Å²) in [7, 11) is 0. The third kappa shape index (κ3) is 4.55. The third-order valence-corrected chi connectivity index (χ3v) is 5.94. The number of nitrogens with zero attached hydrogens (tertiary/aromatic N) is 2. The van der Waals surface area contributed by atoms with Crippen molar-refractivity contribution in [1.29, 1.82) is 0 Å². The molecule has 1 fully saturated rings. The largest absolute Gasteiger partial charge is 0.449 e. The van der Waals surface area contributed by atoms with Crippen molar-refractivity contribution in [1.82, 2.24) is 9.88 Å². The molecule has 0 spiro atoms. The lowest BCUT2D eigenvalue weighted by Crippen LogP contribution is -2.40. The Hall–Kier alpha value is -3.62. The lowest BCUT2D eigenvalue weighted by atomic mass is 10.2. The van der Waals surface area contributed by atoms with E-state index < -0.39 is 0 Å². The molecule has 8 nitrogen and oxygen atoms in total. The van der Waals surface area contributed by atoms with Crippen molar-refractivity contribution in [2.45, 2.75) is 12.8 Å². The number of ether oxygens (including phenoxy) is 1. The van der Waals surface area contributed by atoms with Crippen LogP contribution in [0.4, 0.5) is 5.69 Å². The van der Waals surface area contributed by atoms with Crippen molar-refractivity contribution in [3.63, 3.8) is 0 Å². The quantitative estimate of drug-likeness (QED) is 0.427. The number of anilines is 1. The third-order valence-electron chi connectivity index (χ3n) is 5.61. The zero-order valence-electron chi connectivity index (χ0n) is 18.3. The van der Waals surface area contributed by atoms with Crippen molar-refractivity contribution < 1.29 is 23.2 Å². The minimum Gasteiger partial charge on any atom is -0.449 e. The second-order valence-electron chi connectivity index (χ2n) is 7.85. The second kappa shape index (κ2) is 9.70. The number of rotatable bonds is 6. The van der Waals surface area contributed by atoms with Gasteiger partial charge in [0.15, 0.2) is 11.7 Å². The molecular weight excluding hydrogens is 458 g/mol. The van der Waals surface area contributed by atoms with Gasteiger partial charge in [-0.15, -0.1) is 0 Å². The highest BCUT2D eigenvalue weighted by Crippen LogP contribution is 2.32. The number of carbonyl (C=O) groups is 2.